The molecule has 2 N–H and O–H groups in total. The third kappa shape index (κ3) is 4.53. The van der Waals surface area contributed by atoms with Crippen molar-refractivity contribution in [2.45, 2.75) is 43.5 Å². The SMILES string of the molecule is Cc1nc(C2CC2)nc2sc(C(=O)NNC(=O)c3ccc(CSc4nncn4C)cc3)c(C)c12. The zero-order valence-electron chi connectivity index (χ0n) is 19.0. The van der Waals surface area contributed by atoms with Crippen LogP contribution in [0, 0.1) is 13.8 Å². The lowest BCUT2D eigenvalue weighted by Gasteiger charge is -2.08. The van der Waals surface area contributed by atoms with E-state index in [2.05, 4.69) is 31.0 Å². The van der Waals surface area contributed by atoms with E-state index in [1.54, 1.807) is 30.2 Å². The lowest BCUT2D eigenvalue weighted by Crippen LogP contribution is -2.41. The first-order chi connectivity index (χ1) is 16.4. The predicted octanol–water partition coefficient (Wildman–Crippen LogP) is 3.68. The van der Waals surface area contributed by atoms with Gasteiger partial charge in [0.15, 0.2) is 5.16 Å². The summed E-state index contributed by atoms with van der Waals surface area (Å²) in [5.41, 5.74) is 8.27. The molecule has 1 fully saturated rings. The number of nitrogens with zero attached hydrogens (tertiary/aromatic N) is 5. The van der Waals surface area contributed by atoms with Gasteiger partial charge in [-0.15, -0.1) is 21.5 Å². The molecule has 174 valence electrons. The normalized spacial score (nSPS) is 13.3. The summed E-state index contributed by atoms with van der Waals surface area (Å²) in [5.74, 6) is 1.27. The minimum Gasteiger partial charge on any atom is -0.312 e. The number of hydrogen-bond donors (Lipinski definition) is 2. The van der Waals surface area contributed by atoms with Gasteiger partial charge in [-0.3, -0.25) is 20.4 Å². The van der Waals surface area contributed by atoms with Gasteiger partial charge < -0.3 is 4.57 Å². The second-order valence-electron chi connectivity index (χ2n) is 8.30. The number of hydrogen-bond acceptors (Lipinski definition) is 8. The van der Waals surface area contributed by atoms with E-state index in [1.165, 1.54) is 11.3 Å². The molecule has 0 spiro atoms. The average Bonchev–Trinajstić information content (AvgIpc) is 3.52. The molecule has 2 amide bonds. The van der Waals surface area contributed by atoms with Gasteiger partial charge in [-0.25, -0.2) is 9.97 Å². The Morgan fingerprint density at radius 3 is 2.53 bits per heavy atom. The number of carbonyl (C=O) groups is 2. The van der Waals surface area contributed by atoms with E-state index >= 15 is 0 Å². The molecule has 3 aromatic heterocycles. The van der Waals surface area contributed by atoms with Crippen LogP contribution in [0.3, 0.4) is 0 Å². The summed E-state index contributed by atoms with van der Waals surface area (Å²) in [6, 6.07) is 7.23. The van der Waals surface area contributed by atoms with Gasteiger partial charge in [0, 0.05) is 29.7 Å². The number of nitrogens with one attached hydrogen (secondary N) is 2. The van der Waals surface area contributed by atoms with Crippen molar-refractivity contribution in [3.05, 3.63) is 63.7 Å². The highest BCUT2D eigenvalue weighted by Crippen LogP contribution is 2.40. The van der Waals surface area contributed by atoms with E-state index in [9.17, 15) is 9.59 Å². The summed E-state index contributed by atoms with van der Waals surface area (Å²) in [4.78, 5) is 36.0. The molecule has 0 bridgehead atoms. The number of carbonyl (C=O) groups excluding carboxylic acids is 2. The molecule has 1 aliphatic carbocycles. The maximum absolute atomic E-state index is 12.8. The fraction of sp³-hybridized carbons (Fsp3) is 0.304. The molecule has 0 aliphatic heterocycles. The smallest absolute Gasteiger partial charge is 0.280 e. The third-order valence-corrected chi connectivity index (χ3v) is 7.97. The van der Waals surface area contributed by atoms with Crippen molar-refractivity contribution in [2.75, 3.05) is 0 Å². The van der Waals surface area contributed by atoms with Crippen molar-refractivity contribution in [1.82, 2.24) is 35.6 Å². The molecule has 11 heteroatoms. The fourth-order valence-electron chi connectivity index (χ4n) is 3.65. The first-order valence-electron chi connectivity index (χ1n) is 10.8. The van der Waals surface area contributed by atoms with Crippen LogP contribution in [0.25, 0.3) is 10.2 Å². The van der Waals surface area contributed by atoms with Crippen LogP contribution in [-0.4, -0.2) is 36.5 Å². The van der Waals surface area contributed by atoms with E-state index in [1.807, 2.05) is 37.6 Å². The van der Waals surface area contributed by atoms with Crippen molar-refractivity contribution in [1.29, 1.82) is 0 Å². The number of amides is 2. The van der Waals surface area contributed by atoms with Gasteiger partial charge in [-0.1, -0.05) is 23.9 Å². The van der Waals surface area contributed by atoms with Gasteiger partial charge in [0.2, 0.25) is 0 Å². The van der Waals surface area contributed by atoms with Crippen LogP contribution in [-0.2, 0) is 12.8 Å². The largest absolute Gasteiger partial charge is 0.312 e. The van der Waals surface area contributed by atoms with Crippen molar-refractivity contribution < 1.29 is 9.59 Å². The molecular formula is C23H23N7O2S2. The number of rotatable bonds is 6. The lowest BCUT2D eigenvalue weighted by atomic mass is 10.1. The number of aryl methyl sites for hydroxylation is 3. The Bertz CT molecular complexity index is 1390. The van der Waals surface area contributed by atoms with Gasteiger partial charge in [0.05, 0.1) is 10.6 Å². The number of thioether (sulfide) groups is 1. The van der Waals surface area contributed by atoms with Crippen molar-refractivity contribution in [3.63, 3.8) is 0 Å². The standard InChI is InChI=1S/C23H23N7O2S2/c1-12-17-13(2)25-19(15-8-9-15)26-22(17)34-18(12)21(32)28-27-20(31)16-6-4-14(5-7-16)10-33-23-29-24-11-30(23)3/h4-7,11,15H,8-10H2,1-3H3,(H,27,31)(H,28,32). The highest BCUT2D eigenvalue weighted by molar-refractivity contribution is 7.98. The summed E-state index contributed by atoms with van der Waals surface area (Å²) >= 11 is 2.90. The Morgan fingerprint density at radius 1 is 1.12 bits per heavy atom. The summed E-state index contributed by atoms with van der Waals surface area (Å²) in [6.45, 7) is 3.84. The van der Waals surface area contributed by atoms with Gasteiger partial charge >= 0.3 is 0 Å². The Balaban J connectivity index is 1.21. The summed E-state index contributed by atoms with van der Waals surface area (Å²) in [5, 5.41) is 9.65. The highest BCUT2D eigenvalue weighted by Gasteiger charge is 2.28. The number of hydrazine groups is 1. The van der Waals surface area contributed by atoms with Crippen LogP contribution < -0.4 is 10.9 Å². The number of aromatic nitrogens is 5. The second-order valence-corrected chi connectivity index (χ2v) is 10.2. The first-order valence-corrected chi connectivity index (χ1v) is 12.6. The molecule has 0 radical (unpaired) electrons. The van der Waals surface area contributed by atoms with Crippen molar-refractivity contribution >= 4 is 45.1 Å². The van der Waals surface area contributed by atoms with Gasteiger partial charge in [0.25, 0.3) is 11.8 Å². The van der Waals surface area contributed by atoms with Crippen LogP contribution in [0.1, 0.15) is 61.4 Å². The van der Waals surface area contributed by atoms with E-state index in [0.717, 1.165) is 50.9 Å². The molecule has 3 heterocycles. The molecule has 9 nitrogen and oxygen atoms in total. The van der Waals surface area contributed by atoms with Gasteiger partial charge in [-0.2, -0.15) is 0 Å². The van der Waals surface area contributed by atoms with Gasteiger partial charge in [-0.05, 0) is 49.9 Å². The third-order valence-electron chi connectivity index (χ3n) is 5.68. The van der Waals surface area contributed by atoms with Gasteiger partial charge in [0.1, 0.15) is 17.0 Å². The van der Waals surface area contributed by atoms with E-state index in [-0.39, 0.29) is 11.8 Å². The number of benzene rings is 1. The molecule has 1 aliphatic rings. The fourth-order valence-corrected chi connectivity index (χ4v) is 5.62. The minimum absolute atomic E-state index is 0.363. The molecule has 34 heavy (non-hydrogen) atoms. The Morgan fingerprint density at radius 2 is 1.85 bits per heavy atom. The van der Waals surface area contributed by atoms with Crippen LogP contribution in [0.4, 0.5) is 0 Å². The van der Waals surface area contributed by atoms with Crippen LogP contribution >= 0.6 is 23.1 Å². The monoisotopic (exact) mass is 493 g/mol. The summed E-state index contributed by atoms with van der Waals surface area (Å²) in [7, 11) is 1.89. The molecule has 0 saturated heterocycles. The van der Waals surface area contributed by atoms with Crippen molar-refractivity contribution in [2.24, 2.45) is 7.05 Å². The Hall–Kier alpha value is -3.31. The zero-order valence-corrected chi connectivity index (χ0v) is 20.6. The average molecular weight is 494 g/mol. The first kappa shape index (κ1) is 22.5. The molecule has 5 rings (SSSR count). The topological polar surface area (TPSA) is 115 Å². The van der Waals surface area contributed by atoms with Crippen LogP contribution in [0.5, 0.6) is 0 Å². The van der Waals surface area contributed by atoms with E-state index < -0.39 is 0 Å². The molecule has 0 unspecified atom stereocenters. The molecule has 1 aromatic carbocycles. The second kappa shape index (κ2) is 9.15. The number of fused-ring (bicyclic) bond motifs is 1. The summed E-state index contributed by atoms with van der Waals surface area (Å²) < 4.78 is 1.85. The van der Waals surface area contributed by atoms with Crippen LogP contribution in [0.15, 0.2) is 35.7 Å². The Kier molecular flexibility index (Phi) is 6.05. The summed E-state index contributed by atoms with van der Waals surface area (Å²) in [6.07, 6.45) is 3.90. The lowest BCUT2D eigenvalue weighted by molar-refractivity contribution is 0.0848. The minimum atomic E-state index is -0.383. The maximum Gasteiger partial charge on any atom is 0.280 e. The quantitative estimate of drug-likeness (QED) is 0.311. The Labute approximate surface area is 204 Å². The van der Waals surface area contributed by atoms with E-state index in [0.29, 0.717) is 22.1 Å². The molecular weight excluding hydrogens is 470 g/mol. The molecule has 4 aromatic rings. The van der Waals surface area contributed by atoms with Crippen LogP contribution in [0.2, 0.25) is 0 Å². The predicted molar refractivity (Wildman–Crippen MR) is 131 cm³/mol. The molecule has 1 saturated carbocycles. The van der Waals surface area contributed by atoms with E-state index in [4.69, 9.17) is 0 Å². The number of thiophene rings is 1. The molecule has 0 atom stereocenters. The highest BCUT2D eigenvalue weighted by atomic mass is 32.2. The maximum atomic E-state index is 12.8. The van der Waals surface area contributed by atoms with Crippen molar-refractivity contribution in [3.8, 4) is 0 Å². The zero-order chi connectivity index (χ0) is 23.8.